The van der Waals surface area contributed by atoms with Crippen LogP contribution in [0.3, 0.4) is 0 Å². The van der Waals surface area contributed by atoms with Gasteiger partial charge in [0, 0.05) is 36.7 Å². The first kappa shape index (κ1) is 29.4. The van der Waals surface area contributed by atoms with Crippen LogP contribution in [0, 0.1) is 0 Å². The van der Waals surface area contributed by atoms with Crippen molar-refractivity contribution in [3.8, 4) is 0 Å². The van der Waals surface area contributed by atoms with Gasteiger partial charge in [-0.1, -0.05) is 24.6 Å². The summed E-state index contributed by atoms with van der Waals surface area (Å²) in [7, 11) is 0. The Morgan fingerprint density at radius 1 is 1.23 bits per heavy atom. The van der Waals surface area contributed by atoms with Crippen LogP contribution in [0.2, 0.25) is 5.02 Å². The van der Waals surface area contributed by atoms with Crippen molar-refractivity contribution in [1.29, 1.82) is 0 Å². The van der Waals surface area contributed by atoms with Crippen molar-refractivity contribution in [3.63, 3.8) is 0 Å². The quantitative estimate of drug-likeness (QED) is 0.464. The van der Waals surface area contributed by atoms with Gasteiger partial charge in [-0.05, 0) is 55.4 Å². The highest BCUT2D eigenvalue weighted by Gasteiger charge is 2.49. The van der Waals surface area contributed by atoms with Gasteiger partial charge in [0.05, 0.1) is 29.5 Å². The Morgan fingerprint density at radius 2 is 1.98 bits per heavy atom. The van der Waals surface area contributed by atoms with E-state index in [-0.39, 0.29) is 40.4 Å². The SMILES string of the molecule is CC(=O)N1CCC2(CC1)CC(C)c1c2c(=O)n2nc(C3=CCOCC3)nc2n1CC(=O)Nc1ccc(C(F)(F)F)cc1Cl. The lowest BCUT2D eigenvalue weighted by Crippen LogP contribution is -2.46. The molecular weight excluding hydrogens is 589 g/mol. The molecule has 1 aliphatic carbocycles. The fourth-order valence-corrected chi connectivity index (χ4v) is 6.95. The van der Waals surface area contributed by atoms with Crippen LogP contribution in [0.1, 0.15) is 68.1 Å². The summed E-state index contributed by atoms with van der Waals surface area (Å²) in [5, 5.41) is 6.95. The Morgan fingerprint density at radius 3 is 2.60 bits per heavy atom. The van der Waals surface area contributed by atoms with Gasteiger partial charge >= 0.3 is 6.18 Å². The first-order valence-electron chi connectivity index (χ1n) is 14.1. The minimum absolute atomic E-state index is 0.0155. The molecule has 0 saturated carbocycles. The number of nitrogens with one attached hydrogen (secondary N) is 1. The van der Waals surface area contributed by atoms with Crippen LogP contribution in [0.15, 0.2) is 29.1 Å². The maximum atomic E-state index is 14.1. The molecule has 2 amide bonds. The molecule has 2 aliphatic heterocycles. The monoisotopic (exact) mass is 618 g/mol. The Kier molecular flexibility index (Phi) is 7.36. The highest BCUT2D eigenvalue weighted by molar-refractivity contribution is 6.33. The number of piperidine rings is 1. The third-order valence-corrected chi connectivity index (χ3v) is 9.08. The standard InChI is InChI=1S/C29H30ClF3N6O4/c1-16-14-28(7-9-37(10-8-28)17(2)40)23-24(16)38(15-22(41)34-21-4-3-19(13-20(21)30)29(31,32)33)27-35-25(36-39(27)26(23)42)18-5-11-43-12-6-18/h3-5,13,16H,6-12,14-15H2,1-2H3,(H,34,41). The third-order valence-electron chi connectivity index (χ3n) is 8.77. The summed E-state index contributed by atoms with van der Waals surface area (Å²) in [4.78, 5) is 46.1. The number of amides is 2. The van der Waals surface area contributed by atoms with Crippen LogP contribution in [-0.2, 0) is 32.5 Å². The highest BCUT2D eigenvalue weighted by Crippen LogP contribution is 2.50. The van der Waals surface area contributed by atoms with E-state index in [1.807, 2.05) is 13.0 Å². The predicted octanol–water partition coefficient (Wildman–Crippen LogP) is 4.39. The van der Waals surface area contributed by atoms with Crippen molar-refractivity contribution in [1.82, 2.24) is 24.1 Å². The molecule has 4 heterocycles. The summed E-state index contributed by atoms with van der Waals surface area (Å²) in [6.07, 6.45) is -0.283. The number of hydrogen-bond donors (Lipinski definition) is 1. The Bertz CT molecular complexity index is 1720. The molecule has 1 unspecified atom stereocenters. The van der Waals surface area contributed by atoms with E-state index in [0.717, 1.165) is 23.8 Å². The van der Waals surface area contributed by atoms with Crippen LogP contribution in [0.5, 0.6) is 0 Å². The molecule has 14 heteroatoms. The zero-order valence-electron chi connectivity index (χ0n) is 23.6. The normalized spacial score (nSPS) is 19.9. The molecule has 1 atom stereocenters. The van der Waals surface area contributed by atoms with E-state index in [4.69, 9.17) is 21.3 Å². The second-order valence-electron chi connectivity index (χ2n) is 11.5. The highest BCUT2D eigenvalue weighted by atomic mass is 35.5. The van der Waals surface area contributed by atoms with Crippen molar-refractivity contribution in [2.45, 2.75) is 63.6 Å². The topological polar surface area (TPSA) is 111 Å². The molecule has 1 spiro atoms. The van der Waals surface area contributed by atoms with Crippen LogP contribution >= 0.6 is 11.6 Å². The van der Waals surface area contributed by atoms with Gasteiger partial charge in [-0.2, -0.15) is 22.7 Å². The average Bonchev–Trinajstić information content (AvgIpc) is 3.53. The number of ether oxygens (including phenoxy) is 1. The van der Waals surface area contributed by atoms with Crippen molar-refractivity contribution < 1.29 is 27.5 Å². The Hall–Kier alpha value is -3.71. The third kappa shape index (κ3) is 5.22. The first-order valence-corrected chi connectivity index (χ1v) is 14.5. The number of carbonyl (C=O) groups is 2. The number of aromatic nitrogens is 4. The van der Waals surface area contributed by atoms with Gasteiger partial charge in [-0.15, -0.1) is 5.10 Å². The second kappa shape index (κ2) is 10.8. The van der Waals surface area contributed by atoms with E-state index in [1.54, 1.807) is 9.47 Å². The van der Waals surface area contributed by atoms with Crippen molar-refractivity contribution in [2.24, 2.45) is 0 Å². The number of benzene rings is 1. The molecule has 1 saturated heterocycles. The number of anilines is 1. The summed E-state index contributed by atoms with van der Waals surface area (Å²) in [6, 6.07) is 2.72. The van der Waals surface area contributed by atoms with Crippen molar-refractivity contribution >= 4 is 40.5 Å². The molecule has 228 valence electrons. The van der Waals surface area contributed by atoms with E-state index in [1.165, 1.54) is 11.4 Å². The summed E-state index contributed by atoms with van der Waals surface area (Å²) in [6.45, 7) is 5.18. The van der Waals surface area contributed by atoms with Gasteiger partial charge in [0.15, 0.2) is 5.82 Å². The zero-order valence-corrected chi connectivity index (χ0v) is 24.4. The summed E-state index contributed by atoms with van der Waals surface area (Å²) in [5.41, 5.74) is 0.410. The van der Waals surface area contributed by atoms with E-state index in [0.29, 0.717) is 69.1 Å². The lowest BCUT2D eigenvalue weighted by Gasteiger charge is -2.39. The average molecular weight is 619 g/mol. The number of fused-ring (bicyclic) bond motifs is 3. The van der Waals surface area contributed by atoms with Crippen molar-refractivity contribution in [3.05, 3.63) is 62.3 Å². The number of alkyl halides is 3. The zero-order chi connectivity index (χ0) is 30.7. The lowest BCUT2D eigenvalue weighted by atomic mass is 9.74. The van der Waals surface area contributed by atoms with Gasteiger partial charge in [0.25, 0.3) is 5.56 Å². The van der Waals surface area contributed by atoms with E-state index in [9.17, 15) is 27.6 Å². The number of hydrogen-bond acceptors (Lipinski definition) is 6. The summed E-state index contributed by atoms with van der Waals surface area (Å²) >= 11 is 6.10. The Balaban J connectivity index is 1.43. The molecule has 0 bridgehead atoms. The number of rotatable bonds is 4. The van der Waals surface area contributed by atoms with Crippen LogP contribution in [0.25, 0.3) is 11.4 Å². The van der Waals surface area contributed by atoms with E-state index in [2.05, 4.69) is 10.4 Å². The fraction of sp³-hybridized carbons (Fsp3) is 0.483. The predicted molar refractivity (Wildman–Crippen MR) is 152 cm³/mol. The molecule has 3 aliphatic rings. The van der Waals surface area contributed by atoms with Crippen LogP contribution in [0.4, 0.5) is 18.9 Å². The molecule has 1 aromatic carbocycles. The molecule has 2 aromatic heterocycles. The minimum Gasteiger partial charge on any atom is -0.377 e. The number of nitrogens with zero attached hydrogens (tertiary/aromatic N) is 5. The van der Waals surface area contributed by atoms with Crippen LogP contribution < -0.4 is 10.9 Å². The number of carbonyl (C=O) groups excluding carboxylic acids is 2. The van der Waals surface area contributed by atoms with Crippen LogP contribution in [-0.4, -0.2) is 62.2 Å². The van der Waals surface area contributed by atoms with Gasteiger partial charge < -0.3 is 19.5 Å². The lowest BCUT2D eigenvalue weighted by molar-refractivity contribution is -0.137. The molecule has 43 heavy (non-hydrogen) atoms. The van der Waals surface area contributed by atoms with Gasteiger partial charge in [0.1, 0.15) is 6.54 Å². The maximum absolute atomic E-state index is 14.1. The van der Waals surface area contributed by atoms with E-state index >= 15 is 0 Å². The van der Waals surface area contributed by atoms with Gasteiger partial charge in [-0.25, -0.2) is 0 Å². The van der Waals surface area contributed by atoms with E-state index < -0.39 is 23.1 Å². The molecule has 6 rings (SSSR count). The van der Waals surface area contributed by atoms with Gasteiger partial charge in [0.2, 0.25) is 17.6 Å². The summed E-state index contributed by atoms with van der Waals surface area (Å²) < 4.78 is 47.7. The molecular formula is C29H30ClF3N6O4. The minimum atomic E-state index is -4.58. The molecule has 10 nitrogen and oxygen atoms in total. The maximum Gasteiger partial charge on any atom is 0.416 e. The van der Waals surface area contributed by atoms with Gasteiger partial charge in [-0.3, -0.25) is 14.4 Å². The Labute approximate surface area is 249 Å². The number of likely N-dealkylation sites (tertiary alicyclic amines) is 1. The molecule has 1 N–H and O–H groups in total. The molecule has 3 aromatic rings. The molecule has 0 radical (unpaired) electrons. The second-order valence-corrected chi connectivity index (χ2v) is 11.9. The smallest absolute Gasteiger partial charge is 0.377 e. The largest absolute Gasteiger partial charge is 0.416 e. The van der Waals surface area contributed by atoms with Crippen molar-refractivity contribution in [2.75, 3.05) is 31.6 Å². The summed E-state index contributed by atoms with van der Waals surface area (Å²) in [5.74, 6) is -0.106. The fourth-order valence-electron chi connectivity index (χ4n) is 6.72. The first-order chi connectivity index (χ1) is 20.4. The number of halogens is 4. The molecule has 1 fully saturated rings.